The standard InChI is InChI=1S/C14H12FN3/c1-9-6-7-16-14-13(9)17-12(18-14)8-10-4-2-3-5-11(10)15/h2-7H,8H2,1H3,(H,16,17,18). The molecule has 0 atom stereocenters. The van der Waals surface area contributed by atoms with Gasteiger partial charge in [-0.2, -0.15) is 0 Å². The van der Waals surface area contributed by atoms with E-state index < -0.39 is 0 Å². The number of nitrogens with one attached hydrogen (secondary N) is 1. The van der Waals surface area contributed by atoms with Crippen molar-refractivity contribution in [2.75, 3.05) is 0 Å². The predicted molar refractivity (Wildman–Crippen MR) is 67.8 cm³/mol. The third-order valence-corrected chi connectivity index (χ3v) is 2.97. The van der Waals surface area contributed by atoms with Gasteiger partial charge in [-0.15, -0.1) is 0 Å². The summed E-state index contributed by atoms with van der Waals surface area (Å²) >= 11 is 0. The van der Waals surface area contributed by atoms with Crippen LogP contribution in [0.5, 0.6) is 0 Å². The van der Waals surface area contributed by atoms with E-state index in [2.05, 4.69) is 15.0 Å². The predicted octanol–water partition coefficient (Wildman–Crippen LogP) is 3.00. The molecule has 0 unspecified atom stereocenters. The van der Waals surface area contributed by atoms with Gasteiger partial charge in [-0.25, -0.2) is 14.4 Å². The van der Waals surface area contributed by atoms with Crippen molar-refractivity contribution in [2.24, 2.45) is 0 Å². The van der Waals surface area contributed by atoms with E-state index in [0.717, 1.165) is 16.9 Å². The minimum Gasteiger partial charge on any atom is -0.340 e. The minimum atomic E-state index is -0.206. The second-order valence-corrected chi connectivity index (χ2v) is 4.28. The van der Waals surface area contributed by atoms with Crippen LogP contribution in [0.15, 0.2) is 36.5 Å². The van der Waals surface area contributed by atoms with E-state index in [4.69, 9.17) is 0 Å². The van der Waals surface area contributed by atoms with Gasteiger partial charge >= 0.3 is 0 Å². The van der Waals surface area contributed by atoms with E-state index in [9.17, 15) is 4.39 Å². The van der Waals surface area contributed by atoms with Crippen molar-refractivity contribution in [3.63, 3.8) is 0 Å². The Hall–Kier alpha value is -2.23. The van der Waals surface area contributed by atoms with Crippen LogP contribution >= 0.6 is 0 Å². The fraction of sp³-hybridized carbons (Fsp3) is 0.143. The van der Waals surface area contributed by atoms with Crippen LogP contribution in [-0.4, -0.2) is 15.0 Å². The zero-order valence-electron chi connectivity index (χ0n) is 9.94. The van der Waals surface area contributed by atoms with Gasteiger partial charge in [0.1, 0.15) is 11.6 Å². The Morgan fingerprint density at radius 2 is 2.06 bits per heavy atom. The van der Waals surface area contributed by atoms with Crippen molar-refractivity contribution in [2.45, 2.75) is 13.3 Å². The number of halogens is 1. The summed E-state index contributed by atoms with van der Waals surface area (Å²) in [5, 5.41) is 0. The fourth-order valence-corrected chi connectivity index (χ4v) is 1.99. The highest BCUT2D eigenvalue weighted by molar-refractivity contribution is 5.74. The molecular weight excluding hydrogens is 229 g/mol. The van der Waals surface area contributed by atoms with Gasteiger partial charge in [-0.1, -0.05) is 18.2 Å². The molecule has 0 bridgehead atoms. The number of hydrogen-bond acceptors (Lipinski definition) is 2. The van der Waals surface area contributed by atoms with Gasteiger partial charge < -0.3 is 4.98 Å². The maximum atomic E-state index is 13.6. The quantitative estimate of drug-likeness (QED) is 0.749. The first kappa shape index (κ1) is 10.9. The van der Waals surface area contributed by atoms with E-state index in [1.54, 1.807) is 18.3 Å². The number of aromatic nitrogens is 3. The Labute approximate surface area is 104 Å². The summed E-state index contributed by atoms with van der Waals surface area (Å²) in [5.74, 6) is 0.527. The van der Waals surface area contributed by atoms with Crippen LogP contribution in [0.2, 0.25) is 0 Å². The molecule has 2 aromatic heterocycles. The molecule has 0 aliphatic heterocycles. The van der Waals surface area contributed by atoms with Crippen LogP contribution < -0.4 is 0 Å². The summed E-state index contributed by atoms with van der Waals surface area (Å²) in [4.78, 5) is 11.8. The number of rotatable bonds is 2. The number of hydrogen-bond donors (Lipinski definition) is 1. The van der Waals surface area contributed by atoms with Crippen molar-refractivity contribution in [3.05, 3.63) is 59.3 Å². The molecule has 0 saturated heterocycles. The number of pyridine rings is 1. The maximum Gasteiger partial charge on any atom is 0.177 e. The van der Waals surface area contributed by atoms with Gasteiger partial charge in [0.25, 0.3) is 0 Å². The number of fused-ring (bicyclic) bond motifs is 1. The normalized spacial score (nSPS) is 11.0. The molecule has 0 aliphatic carbocycles. The van der Waals surface area contributed by atoms with Crippen LogP contribution in [0, 0.1) is 12.7 Å². The number of imidazole rings is 1. The van der Waals surface area contributed by atoms with Crippen molar-refractivity contribution in [3.8, 4) is 0 Å². The van der Waals surface area contributed by atoms with Crippen LogP contribution in [0.1, 0.15) is 17.0 Å². The first-order valence-corrected chi connectivity index (χ1v) is 5.77. The smallest absolute Gasteiger partial charge is 0.177 e. The number of nitrogens with zero attached hydrogens (tertiary/aromatic N) is 2. The van der Waals surface area contributed by atoms with Crippen molar-refractivity contribution < 1.29 is 4.39 Å². The highest BCUT2D eigenvalue weighted by atomic mass is 19.1. The van der Waals surface area contributed by atoms with Crippen molar-refractivity contribution in [1.82, 2.24) is 15.0 Å². The van der Waals surface area contributed by atoms with Crippen LogP contribution in [-0.2, 0) is 6.42 Å². The van der Waals surface area contributed by atoms with E-state index in [1.807, 2.05) is 19.1 Å². The Balaban J connectivity index is 2.01. The molecule has 18 heavy (non-hydrogen) atoms. The molecule has 3 aromatic rings. The van der Waals surface area contributed by atoms with Crippen LogP contribution in [0.25, 0.3) is 11.2 Å². The molecule has 3 nitrogen and oxygen atoms in total. The second kappa shape index (κ2) is 4.22. The molecule has 0 spiro atoms. The van der Waals surface area contributed by atoms with Crippen LogP contribution in [0.4, 0.5) is 4.39 Å². The highest BCUT2D eigenvalue weighted by Crippen LogP contribution is 2.16. The zero-order valence-corrected chi connectivity index (χ0v) is 9.94. The summed E-state index contributed by atoms with van der Waals surface area (Å²) in [6, 6.07) is 8.66. The number of benzene rings is 1. The van der Waals surface area contributed by atoms with E-state index in [1.165, 1.54) is 6.07 Å². The lowest BCUT2D eigenvalue weighted by atomic mass is 10.1. The molecule has 0 amide bonds. The van der Waals surface area contributed by atoms with Gasteiger partial charge in [0.05, 0.1) is 5.52 Å². The molecule has 0 saturated carbocycles. The third kappa shape index (κ3) is 1.86. The summed E-state index contributed by atoms with van der Waals surface area (Å²) in [5.41, 5.74) is 3.33. The maximum absolute atomic E-state index is 13.6. The van der Waals surface area contributed by atoms with E-state index >= 15 is 0 Å². The average Bonchev–Trinajstić information content (AvgIpc) is 2.76. The summed E-state index contributed by atoms with van der Waals surface area (Å²) in [6.07, 6.45) is 2.17. The lowest BCUT2D eigenvalue weighted by Gasteiger charge is -1.99. The molecule has 1 aromatic carbocycles. The van der Waals surface area contributed by atoms with Gasteiger partial charge in [0.2, 0.25) is 0 Å². The van der Waals surface area contributed by atoms with Gasteiger partial charge in [-0.05, 0) is 30.2 Å². The van der Waals surface area contributed by atoms with E-state index in [0.29, 0.717) is 17.6 Å². The lowest BCUT2D eigenvalue weighted by molar-refractivity contribution is 0.612. The average molecular weight is 241 g/mol. The Morgan fingerprint density at radius 3 is 2.83 bits per heavy atom. The third-order valence-electron chi connectivity index (χ3n) is 2.97. The molecule has 90 valence electrons. The molecule has 4 heteroatoms. The summed E-state index contributed by atoms with van der Waals surface area (Å²) < 4.78 is 13.6. The first-order valence-electron chi connectivity index (χ1n) is 5.77. The largest absolute Gasteiger partial charge is 0.340 e. The first-order chi connectivity index (χ1) is 8.74. The highest BCUT2D eigenvalue weighted by Gasteiger charge is 2.08. The molecule has 0 fully saturated rings. The van der Waals surface area contributed by atoms with Crippen molar-refractivity contribution >= 4 is 11.2 Å². The Bertz CT molecular complexity index is 703. The minimum absolute atomic E-state index is 0.206. The second-order valence-electron chi connectivity index (χ2n) is 4.28. The molecule has 1 N–H and O–H groups in total. The van der Waals surface area contributed by atoms with E-state index in [-0.39, 0.29) is 5.82 Å². The fourth-order valence-electron chi connectivity index (χ4n) is 1.99. The van der Waals surface area contributed by atoms with Crippen molar-refractivity contribution in [1.29, 1.82) is 0 Å². The molecule has 0 radical (unpaired) electrons. The Kier molecular flexibility index (Phi) is 2.55. The van der Waals surface area contributed by atoms with Gasteiger partial charge in [0, 0.05) is 12.6 Å². The summed E-state index contributed by atoms with van der Waals surface area (Å²) in [7, 11) is 0. The van der Waals surface area contributed by atoms with Crippen LogP contribution in [0.3, 0.4) is 0 Å². The monoisotopic (exact) mass is 241 g/mol. The van der Waals surface area contributed by atoms with Gasteiger partial charge in [0.15, 0.2) is 5.65 Å². The summed E-state index contributed by atoms with van der Waals surface area (Å²) in [6.45, 7) is 2.00. The Morgan fingerprint density at radius 1 is 1.22 bits per heavy atom. The number of aryl methyl sites for hydroxylation is 1. The number of aromatic amines is 1. The van der Waals surface area contributed by atoms with Gasteiger partial charge in [-0.3, -0.25) is 0 Å². The molecule has 2 heterocycles. The molecular formula is C14H12FN3. The topological polar surface area (TPSA) is 41.6 Å². The molecule has 0 aliphatic rings. The molecule has 3 rings (SSSR count). The lowest BCUT2D eigenvalue weighted by Crippen LogP contribution is -1.93. The zero-order chi connectivity index (χ0) is 12.5. The SMILES string of the molecule is Cc1ccnc2nc(Cc3ccccc3F)[nH]c12. The number of H-pyrrole nitrogens is 1.